The van der Waals surface area contributed by atoms with Crippen molar-refractivity contribution in [2.75, 3.05) is 5.32 Å². The second-order valence-electron chi connectivity index (χ2n) is 5.89. The molecule has 0 bridgehead atoms. The van der Waals surface area contributed by atoms with Crippen LogP contribution in [-0.4, -0.2) is 16.2 Å². The predicted molar refractivity (Wildman–Crippen MR) is 104 cm³/mol. The average Bonchev–Trinajstić information content (AvgIpc) is 2.50. The van der Waals surface area contributed by atoms with Crippen LogP contribution in [0.15, 0.2) is 16.9 Å². The summed E-state index contributed by atoms with van der Waals surface area (Å²) in [7, 11) is 0. The minimum absolute atomic E-state index is 0.0537. The van der Waals surface area contributed by atoms with E-state index in [1.807, 2.05) is 33.8 Å². The van der Waals surface area contributed by atoms with E-state index >= 15 is 0 Å². The van der Waals surface area contributed by atoms with E-state index < -0.39 is 0 Å². The summed E-state index contributed by atoms with van der Waals surface area (Å²) >= 11 is 7.04. The van der Waals surface area contributed by atoms with Crippen LogP contribution in [0.1, 0.15) is 36.3 Å². The maximum absolute atomic E-state index is 12.4. The molecule has 1 aromatic heterocycles. The first-order chi connectivity index (χ1) is 10.8. The first-order valence-corrected chi connectivity index (χ1v) is 8.88. The molecule has 23 heavy (non-hydrogen) atoms. The zero-order valence-corrected chi connectivity index (χ0v) is 15.8. The topological polar surface area (TPSA) is 58.4 Å². The lowest BCUT2D eigenvalue weighted by atomic mass is 10.1. The monoisotopic (exact) mass is 349 g/mol. The van der Waals surface area contributed by atoms with Gasteiger partial charge in [-0.25, -0.2) is 5.84 Å². The van der Waals surface area contributed by atoms with E-state index in [9.17, 15) is 4.79 Å². The highest BCUT2D eigenvalue weighted by atomic mass is 32.1. The summed E-state index contributed by atoms with van der Waals surface area (Å²) in [5, 5.41) is 5.98. The van der Waals surface area contributed by atoms with Crippen LogP contribution in [-0.2, 0) is 0 Å². The Balaban J connectivity index is 2.49. The number of thiocarbonyl (C=S) groups is 1. The number of nitrogens with one attached hydrogen (secondary N) is 1. The van der Waals surface area contributed by atoms with E-state index in [2.05, 4.69) is 12.2 Å². The molecule has 0 aliphatic rings. The molecule has 0 saturated heterocycles. The van der Waals surface area contributed by atoms with E-state index in [1.165, 1.54) is 0 Å². The highest BCUT2D eigenvalue weighted by Gasteiger charge is 2.15. The minimum Gasteiger partial charge on any atom is -0.331 e. The number of aryl methyl sites for hydroxylation is 3. The summed E-state index contributed by atoms with van der Waals surface area (Å²) in [4.78, 5) is 13.4. The molecule has 1 heterocycles. The SMILES string of the molecule is CCC(C)N(N)C(=S)Nc1cc(C)c2sc(C)cc(=O)c2c1C. The third-order valence-corrected chi connectivity index (χ3v) is 5.59. The van der Waals surface area contributed by atoms with Crippen LogP contribution in [0.4, 0.5) is 5.69 Å². The molecule has 4 nitrogen and oxygen atoms in total. The van der Waals surface area contributed by atoms with Crippen molar-refractivity contribution in [2.24, 2.45) is 5.84 Å². The molecule has 0 fully saturated rings. The van der Waals surface area contributed by atoms with E-state index in [0.717, 1.165) is 38.2 Å². The van der Waals surface area contributed by atoms with Crippen molar-refractivity contribution in [1.29, 1.82) is 0 Å². The van der Waals surface area contributed by atoms with Gasteiger partial charge in [0.1, 0.15) is 0 Å². The molecule has 0 aliphatic carbocycles. The van der Waals surface area contributed by atoms with Gasteiger partial charge in [-0.1, -0.05) is 6.92 Å². The first-order valence-electron chi connectivity index (χ1n) is 7.65. The molecule has 2 aromatic rings. The number of hydrogen-bond donors (Lipinski definition) is 2. The molecule has 1 unspecified atom stereocenters. The summed E-state index contributed by atoms with van der Waals surface area (Å²) in [5.41, 5.74) is 2.87. The Labute approximate surface area is 146 Å². The zero-order valence-electron chi connectivity index (χ0n) is 14.2. The van der Waals surface area contributed by atoms with Crippen LogP contribution in [0.2, 0.25) is 0 Å². The molecule has 2 rings (SSSR count). The maximum Gasteiger partial charge on any atom is 0.188 e. The number of nitrogens with two attached hydrogens (primary N) is 1. The van der Waals surface area contributed by atoms with Crippen molar-refractivity contribution in [2.45, 2.75) is 47.1 Å². The number of nitrogens with zero attached hydrogens (tertiary/aromatic N) is 1. The lowest BCUT2D eigenvalue weighted by Crippen LogP contribution is -2.46. The highest BCUT2D eigenvalue weighted by molar-refractivity contribution is 7.80. The minimum atomic E-state index is 0.0537. The third kappa shape index (κ3) is 3.54. The summed E-state index contributed by atoms with van der Waals surface area (Å²) in [6, 6.07) is 3.87. The van der Waals surface area contributed by atoms with E-state index in [4.69, 9.17) is 18.1 Å². The van der Waals surface area contributed by atoms with Crippen LogP contribution < -0.4 is 16.6 Å². The Morgan fingerprint density at radius 3 is 2.65 bits per heavy atom. The smallest absolute Gasteiger partial charge is 0.188 e. The number of rotatable bonds is 3. The third-order valence-electron chi connectivity index (χ3n) is 4.11. The van der Waals surface area contributed by atoms with E-state index in [-0.39, 0.29) is 11.5 Å². The standard InChI is InChI=1S/C17H23N3OS2/c1-6-10(3)20(18)17(22)19-13-7-9(2)16-15(12(13)5)14(21)8-11(4)23-16/h7-8,10H,6,18H2,1-5H3,(H,19,22). The molecule has 0 spiro atoms. The second-order valence-corrected chi connectivity index (χ2v) is 7.53. The fraction of sp³-hybridized carbons (Fsp3) is 0.412. The molecule has 1 atom stereocenters. The molecule has 3 N–H and O–H groups in total. The molecule has 6 heteroatoms. The van der Waals surface area contributed by atoms with Gasteiger partial charge in [0.15, 0.2) is 10.5 Å². The summed E-state index contributed by atoms with van der Waals surface area (Å²) < 4.78 is 1.04. The van der Waals surface area contributed by atoms with Crippen LogP contribution >= 0.6 is 23.6 Å². The van der Waals surface area contributed by atoms with Gasteiger partial charge >= 0.3 is 0 Å². The zero-order chi connectivity index (χ0) is 17.3. The van der Waals surface area contributed by atoms with Gasteiger partial charge in [-0.3, -0.25) is 9.80 Å². The number of hydrazine groups is 1. The van der Waals surface area contributed by atoms with Crippen molar-refractivity contribution in [3.8, 4) is 0 Å². The van der Waals surface area contributed by atoms with Crippen molar-refractivity contribution in [3.63, 3.8) is 0 Å². The molecule has 0 radical (unpaired) electrons. The van der Waals surface area contributed by atoms with Gasteiger partial charge in [0.25, 0.3) is 0 Å². The fourth-order valence-electron chi connectivity index (χ4n) is 2.47. The van der Waals surface area contributed by atoms with Crippen molar-refractivity contribution in [1.82, 2.24) is 5.01 Å². The molecule has 1 aromatic carbocycles. The lowest BCUT2D eigenvalue weighted by Gasteiger charge is -2.26. The second kappa shape index (κ2) is 6.95. The molecule has 0 aliphatic heterocycles. The van der Waals surface area contributed by atoms with Crippen LogP contribution in [0.25, 0.3) is 10.1 Å². The van der Waals surface area contributed by atoms with Crippen LogP contribution in [0.3, 0.4) is 0 Å². The number of hydrogen-bond acceptors (Lipinski definition) is 4. The van der Waals surface area contributed by atoms with Gasteiger partial charge in [-0.05, 0) is 69.6 Å². The number of benzene rings is 1. The van der Waals surface area contributed by atoms with Crippen molar-refractivity contribution < 1.29 is 0 Å². The van der Waals surface area contributed by atoms with E-state index in [0.29, 0.717) is 5.11 Å². The highest BCUT2D eigenvalue weighted by Crippen LogP contribution is 2.30. The Morgan fingerprint density at radius 1 is 1.39 bits per heavy atom. The largest absolute Gasteiger partial charge is 0.331 e. The Bertz CT molecular complexity index is 814. The van der Waals surface area contributed by atoms with E-state index in [1.54, 1.807) is 22.4 Å². The molecule has 0 amide bonds. The van der Waals surface area contributed by atoms with Gasteiger partial charge in [0.2, 0.25) is 0 Å². The average molecular weight is 350 g/mol. The van der Waals surface area contributed by atoms with Gasteiger partial charge in [0, 0.05) is 26.7 Å². The Morgan fingerprint density at radius 2 is 2.04 bits per heavy atom. The molecule has 0 saturated carbocycles. The number of fused-ring (bicyclic) bond motifs is 1. The molecule has 124 valence electrons. The summed E-state index contributed by atoms with van der Waals surface area (Å²) in [6.07, 6.45) is 0.902. The molecular weight excluding hydrogens is 326 g/mol. The summed E-state index contributed by atoms with van der Waals surface area (Å²) in [6.45, 7) is 10.00. The van der Waals surface area contributed by atoms with Gasteiger partial charge < -0.3 is 5.32 Å². The normalized spacial score (nSPS) is 12.3. The van der Waals surface area contributed by atoms with Gasteiger partial charge in [-0.2, -0.15) is 0 Å². The lowest BCUT2D eigenvalue weighted by molar-refractivity contribution is 0.338. The van der Waals surface area contributed by atoms with Crippen LogP contribution in [0.5, 0.6) is 0 Å². The van der Waals surface area contributed by atoms with Crippen molar-refractivity contribution >= 4 is 44.4 Å². The van der Waals surface area contributed by atoms with Crippen LogP contribution in [0, 0.1) is 20.8 Å². The predicted octanol–water partition coefficient (Wildman–Crippen LogP) is 3.86. The fourth-order valence-corrected chi connectivity index (χ4v) is 3.83. The Hall–Kier alpha value is -1.50. The summed E-state index contributed by atoms with van der Waals surface area (Å²) in [5.74, 6) is 6.04. The first kappa shape index (κ1) is 17.8. The maximum atomic E-state index is 12.4. The quantitative estimate of drug-likeness (QED) is 0.501. The van der Waals surface area contributed by atoms with Gasteiger partial charge in [-0.15, -0.1) is 11.3 Å². The Kier molecular flexibility index (Phi) is 5.39. The van der Waals surface area contributed by atoms with Crippen molar-refractivity contribution in [3.05, 3.63) is 38.4 Å². The molecular formula is C17H23N3OS2. The number of anilines is 1. The van der Waals surface area contributed by atoms with Gasteiger partial charge in [0.05, 0.1) is 0 Å².